The van der Waals surface area contributed by atoms with Crippen LogP contribution in [0.5, 0.6) is 0 Å². The molecule has 3 heteroatoms. The maximum atomic E-state index is 4.37. The fourth-order valence-electron chi connectivity index (χ4n) is 1.35. The summed E-state index contributed by atoms with van der Waals surface area (Å²) in [6, 6.07) is 4.30. The summed E-state index contributed by atoms with van der Waals surface area (Å²) in [4.78, 5) is 4.37. The van der Waals surface area contributed by atoms with Crippen LogP contribution in [0.2, 0.25) is 0 Å². The van der Waals surface area contributed by atoms with Gasteiger partial charge in [0.15, 0.2) is 3.92 Å². The SMILES string of the molecule is Cc1cc(C)c2sc(Br)nc2c1. The van der Waals surface area contributed by atoms with Gasteiger partial charge in [0.1, 0.15) is 0 Å². The fourth-order valence-corrected chi connectivity index (χ4v) is 2.77. The number of benzene rings is 1. The molecule has 0 atom stereocenters. The van der Waals surface area contributed by atoms with E-state index < -0.39 is 0 Å². The summed E-state index contributed by atoms with van der Waals surface area (Å²) in [6.07, 6.45) is 0. The minimum atomic E-state index is 0.964. The summed E-state index contributed by atoms with van der Waals surface area (Å²) in [5.74, 6) is 0. The van der Waals surface area contributed by atoms with Gasteiger partial charge in [0.05, 0.1) is 10.2 Å². The molecule has 2 aromatic rings. The van der Waals surface area contributed by atoms with Crippen molar-refractivity contribution in [2.75, 3.05) is 0 Å². The Morgan fingerprint density at radius 2 is 2.08 bits per heavy atom. The smallest absolute Gasteiger partial charge is 0.160 e. The normalized spacial score (nSPS) is 10.9. The molecular formula is C9H8BrNS. The lowest BCUT2D eigenvalue weighted by Gasteiger charge is -1.95. The van der Waals surface area contributed by atoms with Crippen molar-refractivity contribution in [2.24, 2.45) is 0 Å². The Morgan fingerprint density at radius 1 is 1.33 bits per heavy atom. The first kappa shape index (κ1) is 8.20. The van der Waals surface area contributed by atoms with Gasteiger partial charge in [0.25, 0.3) is 0 Å². The number of aryl methyl sites for hydroxylation is 2. The molecule has 0 bridgehead atoms. The molecule has 62 valence electrons. The molecule has 0 aliphatic rings. The predicted molar refractivity (Wildman–Crippen MR) is 56.8 cm³/mol. The quantitative estimate of drug-likeness (QED) is 0.686. The molecular weight excluding hydrogens is 234 g/mol. The molecule has 0 aliphatic heterocycles. The maximum Gasteiger partial charge on any atom is 0.160 e. The van der Waals surface area contributed by atoms with Crippen molar-refractivity contribution in [3.05, 3.63) is 27.2 Å². The number of hydrogen-bond donors (Lipinski definition) is 0. The monoisotopic (exact) mass is 241 g/mol. The van der Waals surface area contributed by atoms with Gasteiger partial charge in [0, 0.05) is 0 Å². The van der Waals surface area contributed by atoms with Gasteiger partial charge >= 0.3 is 0 Å². The van der Waals surface area contributed by atoms with Crippen LogP contribution in [0.3, 0.4) is 0 Å². The van der Waals surface area contributed by atoms with E-state index in [2.05, 4.69) is 46.9 Å². The zero-order valence-corrected chi connectivity index (χ0v) is 9.29. The highest BCUT2D eigenvalue weighted by Crippen LogP contribution is 2.29. The average Bonchev–Trinajstić information content (AvgIpc) is 2.29. The second-order valence-corrected chi connectivity index (χ2v) is 5.17. The van der Waals surface area contributed by atoms with Crippen LogP contribution >= 0.6 is 27.3 Å². The summed E-state index contributed by atoms with van der Waals surface area (Å²) in [5, 5.41) is 0. The Hall–Kier alpha value is -0.410. The van der Waals surface area contributed by atoms with Crippen molar-refractivity contribution >= 4 is 37.5 Å². The Labute approximate surface area is 83.6 Å². The van der Waals surface area contributed by atoms with E-state index in [1.54, 1.807) is 11.3 Å². The van der Waals surface area contributed by atoms with Crippen LogP contribution < -0.4 is 0 Å². The lowest BCUT2D eigenvalue weighted by Crippen LogP contribution is -1.77. The standard InChI is InChI=1S/C9H8BrNS/c1-5-3-6(2)8-7(4-5)11-9(10)12-8/h3-4H,1-2H3. The molecule has 1 heterocycles. The number of fused-ring (bicyclic) bond motifs is 1. The zero-order chi connectivity index (χ0) is 8.72. The van der Waals surface area contributed by atoms with Gasteiger partial charge in [-0.2, -0.15) is 0 Å². The molecule has 12 heavy (non-hydrogen) atoms. The maximum absolute atomic E-state index is 4.37. The van der Waals surface area contributed by atoms with E-state index in [9.17, 15) is 0 Å². The highest BCUT2D eigenvalue weighted by Gasteiger charge is 2.03. The lowest BCUT2D eigenvalue weighted by molar-refractivity contribution is 1.39. The molecule has 2 rings (SSSR count). The van der Waals surface area contributed by atoms with Crippen molar-refractivity contribution in [3.8, 4) is 0 Å². The average molecular weight is 242 g/mol. The van der Waals surface area contributed by atoms with Crippen LogP contribution in [0.25, 0.3) is 10.2 Å². The third kappa shape index (κ3) is 1.27. The van der Waals surface area contributed by atoms with Crippen LogP contribution in [0, 0.1) is 13.8 Å². The minimum Gasteiger partial charge on any atom is -0.229 e. The molecule has 1 aromatic carbocycles. The highest BCUT2D eigenvalue weighted by molar-refractivity contribution is 9.11. The zero-order valence-electron chi connectivity index (χ0n) is 6.89. The first-order chi connectivity index (χ1) is 5.66. The predicted octanol–water partition coefficient (Wildman–Crippen LogP) is 3.68. The van der Waals surface area contributed by atoms with Crippen molar-refractivity contribution in [1.29, 1.82) is 0 Å². The summed E-state index contributed by atoms with van der Waals surface area (Å²) < 4.78 is 2.25. The molecule has 0 unspecified atom stereocenters. The molecule has 0 fully saturated rings. The Kier molecular flexibility index (Phi) is 1.93. The number of hydrogen-bond acceptors (Lipinski definition) is 2. The number of nitrogens with zero attached hydrogens (tertiary/aromatic N) is 1. The van der Waals surface area contributed by atoms with E-state index in [1.807, 2.05) is 0 Å². The first-order valence-electron chi connectivity index (χ1n) is 3.70. The number of thiazole rings is 1. The summed E-state index contributed by atoms with van der Waals surface area (Å²) in [6.45, 7) is 4.22. The second kappa shape index (κ2) is 2.82. The largest absolute Gasteiger partial charge is 0.229 e. The van der Waals surface area contributed by atoms with E-state index in [-0.39, 0.29) is 0 Å². The van der Waals surface area contributed by atoms with E-state index >= 15 is 0 Å². The molecule has 0 radical (unpaired) electrons. The fraction of sp³-hybridized carbons (Fsp3) is 0.222. The van der Waals surface area contributed by atoms with Crippen LogP contribution in [0.15, 0.2) is 16.0 Å². The third-order valence-electron chi connectivity index (χ3n) is 1.79. The Morgan fingerprint density at radius 3 is 2.83 bits per heavy atom. The summed E-state index contributed by atoms with van der Waals surface area (Å²) in [7, 11) is 0. The van der Waals surface area contributed by atoms with E-state index in [0.29, 0.717) is 0 Å². The topological polar surface area (TPSA) is 12.9 Å². The summed E-state index contributed by atoms with van der Waals surface area (Å²) in [5.41, 5.74) is 3.69. The number of rotatable bonds is 0. The summed E-state index contributed by atoms with van der Waals surface area (Å²) >= 11 is 5.08. The van der Waals surface area contributed by atoms with Gasteiger partial charge in [-0.15, -0.1) is 11.3 Å². The molecule has 0 N–H and O–H groups in total. The minimum absolute atomic E-state index is 0.964. The first-order valence-corrected chi connectivity index (χ1v) is 5.31. The lowest BCUT2D eigenvalue weighted by atomic mass is 10.1. The van der Waals surface area contributed by atoms with Crippen molar-refractivity contribution < 1.29 is 0 Å². The Balaban J connectivity index is 2.88. The van der Waals surface area contributed by atoms with Gasteiger partial charge in [-0.25, -0.2) is 4.98 Å². The van der Waals surface area contributed by atoms with Gasteiger partial charge in [-0.3, -0.25) is 0 Å². The molecule has 0 aliphatic carbocycles. The third-order valence-corrected chi connectivity index (χ3v) is 3.45. The van der Waals surface area contributed by atoms with Crippen LogP contribution in [-0.4, -0.2) is 4.98 Å². The van der Waals surface area contributed by atoms with E-state index in [4.69, 9.17) is 0 Å². The molecule has 0 amide bonds. The van der Waals surface area contributed by atoms with Crippen LogP contribution in [0.4, 0.5) is 0 Å². The van der Waals surface area contributed by atoms with E-state index in [0.717, 1.165) is 9.43 Å². The van der Waals surface area contributed by atoms with Crippen LogP contribution in [0.1, 0.15) is 11.1 Å². The van der Waals surface area contributed by atoms with Crippen molar-refractivity contribution in [2.45, 2.75) is 13.8 Å². The van der Waals surface area contributed by atoms with Crippen molar-refractivity contribution in [1.82, 2.24) is 4.98 Å². The van der Waals surface area contributed by atoms with Gasteiger partial charge in [0.2, 0.25) is 0 Å². The second-order valence-electron chi connectivity index (χ2n) is 2.90. The van der Waals surface area contributed by atoms with E-state index in [1.165, 1.54) is 15.8 Å². The van der Waals surface area contributed by atoms with Gasteiger partial charge < -0.3 is 0 Å². The van der Waals surface area contributed by atoms with Gasteiger partial charge in [-0.05, 0) is 47.0 Å². The molecule has 0 saturated carbocycles. The number of aromatic nitrogens is 1. The highest BCUT2D eigenvalue weighted by atomic mass is 79.9. The molecule has 1 nitrogen and oxygen atoms in total. The molecule has 0 saturated heterocycles. The molecule has 1 aromatic heterocycles. The van der Waals surface area contributed by atoms with Crippen LogP contribution in [-0.2, 0) is 0 Å². The number of halogens is 1. The molecule has 0 spiro atoms. The Bertz CT molecular complexity index is 433. The van der Waals surface area contributed by atoms with Gasteiger partial charge in [-0.1, -0.05) is 6.07 Å². The van der Waals surface area contributed by atoms with Crippen molar-refractivity contribution in [3.63, 3.8) is 0 Å².